The minimum absolute atomic E-state index is 0.125. The minimum Gasteiger partial charge on any atom is -0.463 e. The van der Waals surface area contributed by atoms with E-state index < -0.39 is 0 Å². The largest absolute Gasteiger partial charge is 0.463 e. The van der Waals surface area contributed by atoms with Crippen LogP contribution >= 0.6 is 0 Å². The number of amides is 1. The number of likely N-dealkylation sites (tertiary alicyclic amines) is 1. The quantitative estimate of drug-likeness (QED) is 0.317. The predicted octanol–water partition coefficient (Wildman–Crippen LogP) is 4.04. The molecule has 0 N–H and O–H groups in total. The SMILES string of the molecule is [C-]#[N+]CC1CN(c2nc(OC[C@H]3CCCN(C)C3)nc3c2CCN(c2cccc4ccccc24)C3)CCN1C(=O)C=C. The van der Waals surface area contributed by atoms with Gasteiger partial charge in [-0.05, 0) is 50.4 Å². The van der Waals surface area contributed by atoms with Crippen LogP contribution in [0.2, 0.25) is 0 Å². The molecule has 0 spiro atoms. The van der Waals surface area contributed by atoms with E-state index in [1.54, 1.807) is 4.90 Å². The van der Waals surface area contributed by atoms with Crippen LogP contribution in [0.1, 0.15) is 24.1 Å². The standard InChI is InChI=1S/C33H39N7O2/c1-4-31(41)40-18-17-39(21-26(40)19-34-2)32-28-14-16-38(30-13-7-11-25-10-5-6-12-27(25)30)22-29(28)35-33(36-32)42-23-24-9-8-15-37(3)20-24/h4-7,10-13,24,26H,1,8-9,14-23H2,3H3/t24-,26?/m0/s1. The van der Waals surface area contributed by atoms with Gasteiger partial charge >= 0.3 is 6.01 Å². The van der Waals surface area contributed by atoms with E-state index in [4.69, 9.17) is 21.3 Å². The van der Waals surface area contributed by atoms with Crippen molar-refractivity contribution in [2.45, 2.75) is 31.8 Å². The molecule has 2 aromatic carbocycles. The zero-order chi connectivity index (χ0) is 29.1. The molecule has 9 heteroatoms. The molecule has 2 fully saturated rings. The van der Waals surface area contributed by atoms with Crippen molar-refractivity contribution < 1.29 is 9.53 Å². The normalized spacial score (nSPS) is 21.1. The summed E-state index contributed by atoms with van der Waals surface area (Å²) >= 11 is 0. The van der Waals surface area contributed by atoms with Gasteiger partial charge in [-0.15, -0.1) is 0 Å². The number of carbonyl (C=O) groups is 1. The number of piperazine rings is 1. The Labute approximate surface area is 248 Å². The van der Waals surface area contributed by atoms with Crippen molar-refractivity contribution in [1.29, 1.82) is 0 Å². The van der Waals surface area contributed by atoms with Crippen LogP contribution in [0.5, 0.6) is 6.01 Å². The van der Waals surface area contributed by atoms with Gasteiger partial charge in [0.1, 0.15) is 11.9 Å². The number of ether oxygens (including phenoxy) is 1. The van der Waals surface area contributed by atoms with Gasteiger partial charge in [0.05, 0.1) is 18.8 Å². The van der Waals surface area contributed by atoms with Crippen LogP contribution in [-0.2, 0) is 17.8 Å². The van der Waals surface area contributed by atoms with E-state index in [1.807, 2.05) is 0 Å². The Morgan fingerprint density at radius 2 is 1.95 bits per heavy atom. The molecule has 2 saturated heterocycles. The van der Waals surface area contributed by atoms with E-state index in [9.17, 15) is 4.79 Å². The van der Waals surface area contributed by atoms with Gasteiger partial charge in [0.25, 0.3) is 0 Å². The van der Waals surface area contributed by atoms with Crippen molar-refractivity contribution in [2.24, 2.45) is 5.92 Å². The molecule has 0 bridgehead atoms. The number of fused-ring (bicyclic) bond motifs is 2. The van der Waals surface area contributed by atoms with Gasteiger partial charge in [0, 0.05) is 55.3 Å². The molecule has 4 heterocycles. The molecule has 2 atom stereocenters. The number of nitrogens with zero attached hydrogens (tertiary/aromatic N) is 7. The third-order valence-corrected chi connectivity index (χ3v) is 8.84. The van der Waals surface area contributed by atoms with Crippen LogP contribution < -0.4 is 14.5 Å². The Morgan fingerprint density at radius 3 is 2.79 bits per heavy atom. The topological polar surface area (TPSA) is 69.4 Å². The number of rotatable bonds is 7. The lowest BCUT2D eigenvalue weighted by Gasteiger charge is -2.41. The molecule has 0 radical (unpaired) electrons. The molecule has 3 aromatic rings. The maximum absolute atomic E-state index is 12.5. The van der Waals surface area contributed by atoms with Gasteiger partial charge in [0.15, 0.2) is 0 Å². The molecular weight excluding hydrogens is 526 g/mol. The molecule has 3 aliphatic rings. The lowest BCUT2D eigenvalue weighted by molar-refractivity contribution is -0.128. The summed E-state index contributed by atoms with van der Waals surface area (Å²) in [4.78, 5) is 35.0. The summed E-state index contributed by atoms with van der Waals surface area (Å²) in [6, 6.07) is 15.2. The van der Waals surface area contributed by atoms with Crippen molar-refractivity contribution in [1.82, 2.24) is 19.8 Å². The highest BCUT2D eigenvalue weighted by molar-refractivity contribution is 5.94. The molecule has 42 heavy (non-hydrogen) atoms. The van der Waals surface area contributed by atoms with Gasteiger partial charge in [-0.3, -0.25) is 4.79 Å². The van der Waals surface area contributed by atoms with Crippen LogP contribution in [0.4, 0.5) is 11.5 Å². The number of piperidine rings is 1. The molecule has 0 aliphatic carbocycles. The zero-order valence-corrected chi connectivity index (χ0v) is 24.4. The zero-order valence-electron chi connectivity index (χ0n) is 24.4. The third kappa shape index (κ3) is 5.77. The molecule has 0 saturated carbocycles. The second kappa shape index (κ2) is 12.4. The lowest BCUT2D eigenvalue weighted by atomic mass is 10.00. The van der Waals surface area contributed by atoms with Crippen molar-refractivity contribution in [3.05, 3.63) is 77.8 Å². The summed E-state index contributed by atoms with van der Waals surface area (Å²) in [5.74, 6) is 1.21. The van der Waals surface area contributed by atoms with Crippen molar-refractivity contribution in [3.8, 4) is 6.01 Å². The van der Waals surface area contributed by atoms with Gasteiger partial charge in [-0.2, -0.15) is 9.97 Å². The van der Waals surface area contributed by atoms with Gasteiger partial charge in [-0.1, -0.05) is 43.0 Å². The number of hydrogen-bond donors (Lipinski definition) is 0. The number of anilines is 2. The lowest BCUT2D eigenvalue weighted by Crippen LogP contribution is -2.56. The number of aromatic nitrogens is 2. The summed E-state index contributed by atoms with van der Waals surface area (Å²) in [5.41, 5.74) is 3.34. The van der Waals surface area contributed by atoms with Gasteiger partial charge in [-0.25, -0.2) is 6.57 Å². The van der Waals surface area contributed by atoms with Crippen molar-refractivity contribution in [3.63, 3.8) is 0 Å². The van der Waals surface area contributed by atoms with E-state index >= 15 is 0 Å². The highest BCUT2D eigenvalue weighted by atomic mass is 16.5. The van der Waals surface area contributed by atoms with Crippen LogP contribution in [0.15, 0.2) is 55.1 Å². The van der Waals surface area contributed by atoms with Crippen LogP contribution in [0.3, 0.4) is 0 Å². The smallest absolute Gasteiger partial charge is 0.318 e. The number of benzene rings is 2. The fourth-order valence-corrected chi connectivity index (χ4v) is 6.72. The maximum atomic E-state index is 12.5. The Hall–Kier alpha value is -4.16. The first-order valence-corrected chi connectivity index (χ1v) is 15.0. The van der Waals surface area contributed by atoms with Gasteiger partial charge in [0.2, 0.25) is 12.5 Å². The second-order valence-electron chi connectivity index (χ2n) is 11.7. The highest BCUT2D eigenvalue weighted by Gasteiger charge is 2.35. The fourth-order valence-electron chi connectivity index (χ4n) is 6.72. The van der Waals surface area contributed by atoms with Crippen LogP contribution in [0, 0.1) is 12.5 Å². The molecule has 6 rings (SSSR count). The molecule has 1 aromatic heterocycles. The summed E-state index contributed by atoms with van der Waals surface area (Å²) in [7, 11) is 2.16. The second-order valence-corrected chi connectivity index (χ2v) is 11.7. The summed E-state index contributed by atoms with van der Waals surface area (Å²) < 4.78 is 6.33. The molecule has 1 unspecified atom stereocenters. The Kier molecular flexibility index (Phi) is 8.24. The van der Waals surface area contributed by atoms with E-state index in [0.29, 0.717) is 44.7 Å². The minimum atomic E-state index is -0.217. The Balaban J connectivity index is 1.31. The van der Waals surface area contributed by atoms with Crippen molar-refractivity contribution in [2.75, 3.05) is 69.3 Å². The molecule has 3 aliphatic heterocycles. The average molecular weight is 566 g/mol. The predicted molar refractivity (Wildman–Crippen MR) is 166 cm³/mol. The van der Waals surface area contributed by atoms with E-state index in [2.05, 4.69) is 75.6 Å². The summed E-state index contributed by atoms with van der Waals surface area (Å²) in [6.07, 6.45) is 4.47. The molecule has 9 nitrogen and oxygen atoms in total. The Bertz CT molecular complexity index is 1500. The highest BCUT2D eigenvalue weighted by Crippen LogP contribution is 2.35. The average Bonchev–Trinajstić information content (AvgIpc) is 3.02. The number of hydrogen-bond acceptors (Lipinski definition) is 7. The van der Waals surface area contributed by atoms with E-state index in [1.165, 1.54) is 29.0 Å². The van der Waals surface area contributed by atoms with E-state index in [0.717, 1.165) is 49.6 Å². The first-order chi connectivity index (χ1) is 20.5. The third-order valence-electron chi connectivity index (χ3n) is 8.84. The van der Waals surface area contributed by atoms with E-state index in [-0.39, 0.29) is 18.5 Å². The Morgan fingerprint density at radius 1 is 1.10 bits per heavy atom. The first-order valence-electron chi connectivity index (χ1n) is 15.0. The molecular formula is C33H39N7O2. The number of carbonyl (C=O) groups excluding carboxylic acids is 1. The monoisotopic (exact) mass is 565 g/mol. The van der Waals surface area contributed by atoms with Crippen molar-refractivity contribution >= 4 is 28.2 Å². The summed E-state index contributed by atoms with van der Waals surface area (Å²) in [5, 5.41) is 2.46. The molecule has 1 amide bonds. The summed E-state index contributed by atoms with van der Waals surface area (Å²) in [6.45, 7) is 17.4. The molecule has 218 valence electrons. The first kappa shape index (κ1) is 28.0. The van der Waals surface area contributed by atoms with Crippen LogP contribution in [0.25, 0.3) is 15.6 Å². The fraction of sp³-hybridized carbons (Fsp3) is 0.455. The maximum Gasteiger partial charge on any atom is 0.318 e. The van der Waals surface area contributed by atoms with Crippen LogP contribution in [-0.4, -0.2) is 91.2 Å². The van der Waals surface area contributed by atoms with Gasteiger partial charge < -0.3 is 29.2 Å².